The van der Waals surface area contributed by atoms with Crippen molar-refractivity contribution < 1.29 is 19.5 Å². The standard InChI is InChI=1S/C20H20N2O4/c1-3-9-10-8-13-17-20(14(10)18(23)25-2,11-6-4-5-7-12(11)21-17)15-16(9)22(13)26-19(15)24/h3-7,10,13-16,19,24H,8H2,1-2H3/b9-3+/t10-,13?,14-,15?,16?,19-,20?/m0/s1. The Balaban J connectivity index is 1.71. The fourth-order valence-corrected chi connectivity index (χ4v) is 6.62. The minimum absolute atomic E-state index is 0.00425. The average Bonchev–Trinajstić information content (AvgIpc) is 3.16. The quantitative estimate of drug-likeness (QED) is 0.615. The number of nitrogens with zero attached hydrogens (tertiary/aromatic N) is 2. The molecule has 5 fully saturated rings. The molecule has 5 unspecified atom stereocenters. The molecule has 134 valence electrons. The number of ether oxygens (including phenoxy) is 1. The first-order valence-electron chi connectivity index (χ1n) is 9.20. The van der Waals surface area contributed by atoms with Gasteiger partial charge in [0.05, 0.1) is 41.9 Å². The normalized spacial score (nSPS) is 47.7. The lowest BCUT2D eigenvalue weighted by Gasteiger charge is -2.63. The summed E-state index contributed by atoms with van der Waals surface area (Å²) in [4.78, 5) is 23.9. The molecular weight excluding hydrogens is 332 g/mol. The summed E-state index contributed by atoms with van der Waals surface area (Å²) in [5, 5.41) is 12.8. The highest BCUT2D eigenvalue weighted by Crippen LogP contribution is 2.69. The summed E-state index contributed by atoms with van der Waals surface area (Å²) >= 11 is 0. The molecule has 1 spiro atoms. The van der Waals surface area contributed by atoms with Crippen LogP contribution in [0.3, 0.4) is 0 Å². The minimum atomic E-state index is -0.956. The van der Waals surface area contributed by atoms with Gasteiger partial charge in [-0.1, -0.05) is 29.8 Å². The molecule has 1 aromatic rings. The lowest BCUT2D eigenvalue weighted by Crippen LogP contribution is -2.74. The predicted octanol–water partition coefficient (Wildman–Crippen LogP) is 1.71. The van der Waals surface area contributed by atoms with Gasteiger partial charge in [0.15, 0.2) is 6.29 Å². The third kappa shape index (κ3) is 1.34. The number of hydroxylamine groups is 2. The number of hydrogen-bond donors (Lipinski definition) is 1. The van der Waals surface area contributed by atoms with E-state index in [0.717, 1.165) is 23.4 Å². The van der Waals surface area contributed by atoms with E-state index < -0.39 is 11.7 Å². The molecular formula is C20H20N2O4. The predicted molar refractivity (Wildman–Crippen MR) is 92.6 cm³/mol. The number of aliphatic hydroxyl groups excluding tert-OH is 1. The highest BCUT2D eigenvalue weighted by atomic mass is 16.8. The van der Waals surface area contributed by atoms with Gasteiger partial charge in [0.25, 0.3) is 0 Å². The van der Waals surface area contributed by atoms with Gasteiger partial charge in [0.2, 0.25) is 0 Å². The molecule has 26 heavy (non-hydrogen) atoms. The first-order valence-corrected chi connectivity index (χ1v) is 9.20. The SMILES string of the molecule is C/C=C1/C2C3[C@@H](O)ON2C2C[C@@H]1[C@@H](C(=O)OC)C31C2=Nc2ccccc21. The molecule has 6 heteroatoms. The maximum Gasteiger partial charge on any atom is 0.310 e. The van der Waals surface area contributed by atoms with Crippen LogP contribution in [0.4, 0.5) is 5.69 Å². The molecule has 3 saturated heterocycles. The van der Waals surface area contributed by atoms with Gasteiger partial charge in [-0.25, -0.2) is 0 Å². The van der Waals surface area contributed by atoms with Gasteiger partial charge in [-0.05, 0) is 30.9 Å². The van der Waals surface area contributed by atoms with Crippen molar-refractivity contribution in [3.63, 3.8) is 0 Å². The zero-order chi connectivity index (χ0) is 17.8. The van der Waals surface area contributed by atoms with Crippen molar-refractivity contribution in [3.8, 4) is 0 Å². The van der Waals surface area contributed by atoms with Crippen molar-refractivity contribution in [3.05, 3.63) is 41.5 Å². The number of benzene rings is 1. The van der Waals surface area contributed by atoms with Gasteiger partial charge < -0.3 is 9.84 Å². The number of aliphatic hydroxyl groups is 1. The van der Waals surface area contributed by atoms with E-state index in [9.17, 15) is 9.90 Å². The molecule has 0 radical (unpaired) electrons. The number of fused-ring (bicyclic) bond motifs is 1. The number of carbonyl (C=O) groups excluding carboxylic acids is 1. The van der Waals surface area contributed by atoms with Crippen molar-refractivity contribution >= 4 is 17.4 Å². The minimum Gasteiger partial charge on any atom is -0.469 e. The molecule has 4 aliphatic heterocycles. The van der Waals surface area contributed by atoms with Gasteiger partial charge in [0, 0.05) is 5.92 Å². The molecule has 6 nitrogen and oxygen atoms in total. The zero-order valence-corrected chi connectivity index (χ0v) is 14.6. The number of hydrogen-bond acceptors (Lipinski definition) is 6. The number of methoxy groups -OCH3 is 1. The second kappa shape index (κ2) is 4.63. The molecule has 4 heterocycles. The Morgan fingerprint density at radius 2 is 2.27 bits per heavy atom. The Bertz CT molecular complexity index is 909. The van der Waals surface area contributed by atoms with Crippen molar-refractivity contribution in [2.75, 3.05) is 7.11 Å². The zero-order valence-electron chi connectivity index (χ0n) is 14.6. The monoisotopic (exact) mass is 352 g/mol. The van der Waals surface area contributed by atoms with Crippen LogP contribution in [0.1, 0.15) is 18.9 Å². The number of allylic oxidation sites excluding steroid dienone is 1. The Labute approximate surface area is 151 Å². The third-order valence-electron chi connectivity index (χ3n) is 7.24. The van der Waals surface area contributed by atoms with Gasteiger partial charge in [0.1, 0.15) is 0 Å². The second-order valence-corrected chi connectivity index (χ2v) is 7.86. The lowest BCUT2D eigenvalue weighted by atomic mass is 9.43. The molecule has 0 amide bonds. The van der Waals surface area contributed by atoms with Crippen LogP contribution in [0.2, 0.25) is 0 Å². The van der Waals surface area contributed by atoms with Crippen molar-refractivity contribution in [2.24, 2.45) is 22.7 Å². The van der Waals surface area contributed by atoms with Crippen molar-refractivity contribution in [2.45, 2.75) is 37.1 Å². The van der Waals surface area contributed by atoms with Crippen LogP contribution in [0.5, 0.6) is 0 Å². The second-order valence-electron chi connectivity index (χ2n) is 7.86. The van der Waals surface area contributed by atoms with Crippen LogP contribution >= 0.6 is 0 Å². The Morgan fingerprint density at radius 1 is 1.46 bits per heavy atom. The van der Waals surface area contributed by atoms with E-state index in [1.165, 1.54) is 12.7 Å². The molecule has 0 aromatic heterocycles. The highest BCUT2D eigenvalue weighted by molar-refractivity contribution is 6.10. The van der Waals surface area contributed by atoms with Crippen molar-refractivity contribution in [1.29, 1.82) is 0 Å². The first-order chi connectivity index (χ1) is 12.6. The van der Waals surface area contributed by atoms with Crippen LogP contribution in [-0.2, 0) is 19.8 Å². The lowest BCUT2D eigenvalue weighted by molar-refractivity contribution is -0.234. The molecule has 1 aromatic carbocycles. The molecule has 1 N–H and O–H groups in total. The van der Waals surface area contributed by atoms with E-state index >= 15 is 0 Å². The molecule has 6 bridgehead atoms. The molecule has 8 atom stereocenters. The number of esters is 1. The summed E-state index contributed by atoms with van der Waals surface area (Å²) in [5.41, 5.74) is 3.46. The number of carbonyl (C=O) groups is 1. The summed E-state index contributed by atoms with van der Waals surface area (Å²) in [7, 11) is 1.45. The Morgan fingerprint density at radius 3 is 3.04 bits per heavy atom. The van der Waals surface area contributed by atoms with E-state index in [1.807, 2.05) is 30.2 Å². The Hall–Kier alpha value is -2.02. The van der Waals surface area contributed by atoms with Gasteiger partial charge >= 0.3 is 5.97 Å². The largest absolute Gasteiger partial charge is 0.469 e. The average molecular weight is 352 g/mol. The highest BCUT2D eigenvalue weighted by Gasteiger charge is 2.78. The van der Waals surface area contributed by atoms with E-state index in [0.29, 0.717) is 0 Å². The molecule has 2 aliphatic carbocycles. The number of aliphatic imine (C=N–C) groups is 1. The fraction of sp³-hybridized carbons (Fsp3) is 0.500. The fourth-order valence-electron chi connectivity index (χ4n) is 6.62. The topological polar surface area (TPSA) is 71.4 Å². The summed E-state index contributed by atoms with van der Waals surface area (Å²) in [5.74, 6) is -0.762. The number of rotatable bonds is 1. The van der Waals surface area contributed by atoms with E-state index in [1.54, 1.807) is 0 Å². The number of piperidine rings is 2. The molecule has 7 rings (SSSR count). The van der Waals surface area contributed by atoms with Gasteiger partial charge in [-0.15, -0.1) is 0 Å². The van der Waals surface area contributed by atoms with Crippen LogP contribution in [0.25, 0.3) is 0 Å². The maximum absolute atomic E-state index is 13.1. The van der Waals surface area contributed by atoms with Crippen molar-refractivity contribution in [1.82, 2.24) is 5.06 Å². The van der Waals surface area contributed by atoms with E-state index in [4.69, 9.17) is 14.6 Å². The van der Waals surface area contributed by atoms with E-state index in [-0.39, 0.29) is 35.8 Å². The Kier molecular flexibility index (Phi) is 2.68. The van der Waals surface area contributed by atoms with Crippen LogP contribution in [-0.4, -0.2) is 47.3 Å². The summed E-state index contributed by atoms with van der Waals surface area (Å²) < 4.78 is 5.27. The maximum atomic E-state index is 13.1. The van der Waals surface area contributed by atoms with Gasteiger partial charge in [-0.2, -0.15) is 5.06 Å². The van der Waals surface area contributed by atoms with E-state index in [2.05, 4.69) is 12.1 Å². The third-order valence-corrected chi connectivity index (χ3v) is 7.24. The number of para-hydroxylation sites is 1. The summed E-state index contributed by atoms with van der Waals surface area (Å²) in [6, 6.07) is 8.00. The first kappa shape index (κ1) is 15.1. The molecule has 2 saturated carbocycles. The summed E-state index contributed by atoms with van der Waals surface area (Å²) in [6.45, 7) is 2.01. The molecule has 6 aliphatic rings. The summed E-state index contributed by atoms with van der Waals surface area (Å²) in [6.07, 6.45) is 1.91. The smallest absolute Gasteiger partial charge is 0.310 e. The van der Waals surface area contributed by atoms with Gasteiger partial charge in [-0.3, -0.25) is 14.6 Å². The van der Waals surface area contributed by atoms with Crippen LogP contribution in [0, 0.1) is 17.8 Å². The van der Waals surface area contributed by atoms with Crippen LogP contribution < -0.4 is 0 Å². The van der Waals surface area contributed by atoms with Crippen LogP contribution in [0.15, 0.2) is 40.9 Å².